The van der Waals surface area contributed by atoms with Gasteiger partial charge in [-0.15, -0.1) is 0 Å². The maximum atomic E-state index is 12.8. The molecule has 3 aromatic carbocycles. The van der Waals surface area contributed by atoms with Crippen molar-refractivity contribution in [3.8, 4) is 0 Å². The van der Waals surface area contributed by atoms with Crippen LogP contribution in [0.15, 0.2) is 108 Å². The number of thioether (sulfide) groups is 1. The third-order valence-electron chi connectivity index (χ3n) is 5.88. The fraction of sp³-hybridized carbons (Fsp3) is 0.138. The van der Waals surface area contributed by atoms with Gasteiger partial charge in [0.1, 0.15) is 5.52 Å². The number of rotatable bonds is 8. The number of carbonyl (C=O) groups excluding carboxylic acids is 1. The van der Waals surface area contributed by atoms with Crippen LogP contribution in [-0.2, 0) is 12.3 Å². The first-order chi connectivity index (χ1) is 17.2. The van der Waals surface area contributed by atoms with Crippen molar-refractivity contribution < 1.29 is 4.79 Å². The Labute approximate surface area is 209 Å². The van der Waals surface area contributed by atoms with Crippen molar-refractivity contribution in [2.24, 2.45) is 0 Å². The number of hydrogen-bond donors (Lipinski definition) is 1. The van der Waals surface area contributed by atoms with E-state index in [1.54, 1.807) is 18.0 Å². The van der Waals surface area contributed by atoms with Gasteiger partial charge in [0.05, 0.1) is 12.6 Å². The summed E-state index contributed by atoms with van der Waals surface area (Å²) in [6.07, 6.45) is 1.80. The second kappa shape index (κ2) is 10.6. The maximum absolute atomic E-state index is 12.8. The van der Waals surface area contributed by atoms with Crippen LogP contribution in [0.25, 0.3) is 11.2 Å². The Morgan fingerprint density at radius 1 is 0.886 bits per heavy atom. The van der Waals surface area contributed by atoms with Gasteiger partial charge < -0.3 is 5.32 Å². The first-order valence-electron chi connectivity index (χ1n) is 11.6. The van der Waals surface area contributed by atoms with Crippen molar-refractivity contribution in [3.05, 3.63) is 126 Å². The van der Waals surface area contributed by atoms with Crippen LogP contribution in [0.1, 0.15) is 40.0 Å². The van der Waals surface area contributed by atoms with Crippen LogP contribution in [-0.4, -0.2) is 20.4 Å². The minimum Gasteiger partial charge on any atom is -0.346 e. The zero-order valence-corrected chi connectivity index (χ0v) is 20.3. The number of benzene rings is 3. The van der Waals surface area contributed by atoms with Crippen LogP contribution in [0.4, 0.5) is 0 Å². The Bertz CT molecular complexity index is 1420. The van der Waals surface area contributed by atoms with E-state index >= 15 is 0 Å². The number of hydrogen-bond acceptors (Lipinski definition) is 4. The van der Waals surface area contributed by atoms with E-state index in [2.05, 4.69) is 39.1 Å². The van der Waals surface area contributed by atoms with E-state index in [0.29, 0.717) is 12.1 Å². The minimum absolute atomic E-state index is 0.0593. The summed E-state index contributed by atoms with van der Waals surface area (Å²) in [5, 5.41) is 4.01. The molecule has 0 unspecified atom stereocenters. The number of nitrogens with one attached hydrogen (secondary N) is 1. The van der Waals surface area contributed by atoms with Gasteiger partial charge in [0.25, 0.3) is 5.91 Å². The summed E-state index contributed by atoms with van der Waals surface area (Å²) in [4.78, 5) is 22.2. The van der Waals surface area contributed by atoms with Gasteiger partial charge in [0.2, 0.25) is 0 Å². The highest BCUT2D eigenvalue weighted by Crippen LogP contribution is 2.27. The number of amides is 1. The summed E-state index contributed by atoms with van der Waals surface area (Å²) in [5.41, 5.74) is 5.81. The van der Waals surface area contributed by atoms with E-state index in [-0.39, 0.29) is 11.9 Å². The van der Waals surface area contributed by atoms with Crippen molar-refractivity contribution in [1.29, 1.82) is 0 Å². The quantitative estimate of drug-likeness (QED) is 0.267. The van der Waals surface area contributed by atoms with Crippen molar-refractivity contribution in [3.63, 3.8) is 0 Å². The first kappa shape index (κ1) is 22.9. The van der Waals surface area contributed by atoms with Gasteiger partial charge in [-0.05, 0) is 47.9 Å². The monoisotopic (exact) mass is 478 g/mol. The summed E-state index contributed by atoms with van der Waals surface area (Å²) in [6.45, 7) is 2.63. The average molecular weight is 479 g/mol. The van der Waals surface area contributed by atoms with Gasteiger partial charge in [-0.25, -0.2) is 9.97 Å². The standard InChI is InChI=1S/C29H26N4OS/c1-21(24-11-6-3-7-12-24)31-28(34)25-16-14-22(15-17-25)19-33-27-26(13-8-18-30-27)32-29(33)35-20-23-9-4-2-5-10-23/h2-18,21H,19-20H2,1H3,(H,31,34)/t21-/m0/s1. The summed E-state index contributed by atoms with van der Waals surface area (Å²) in [6, 6.07) is 32.0. The summed E-state index contributed by atoms with van der Waals surface area (Å²) in [7, 11) is 0. The smallest absolute Gasteiger partial charge is 0.251 e. The van der Waals surface area contributed by atoms with E-state index in [0.717, 1.165) is 33.2 Å². The predicted molar refractivity (Wildman–Crippen MR) is 141 cm³/mol. The molecule has 0 radical (unpaired) electrons. The second-order valence-electron chi connectivity index (χ2n) is 8.40. The Balaban J connectivity index is 1.32. The molecule has 174 valence electrons. The molecule has 5 rings (SSSR count). The first-order valence-corrected chi connectivity index (χ1v) is 12.6. The van der Waals surface area contributed by atoms with Crippen LogP contribution >= 0.6 is 11.8 Å². The Morgan fingerprint density at radius 3 is 2.34 bits per heavy atom. The third-order valence-corrected chi connectivity index (χ3v) is 6.93. The van der Waals surface area contributed by atoms with Crippen LogP contribution < -0.4 is 5.32 Å². The molecule has 5 nitrogen and oxygen atoms in total. The van der Waals surface area contributed by atoms with E-state index < -0.39 is 0 Å². The molecule has 1 N–H and O–H groups in total. The molecule has 0 saturated carbocycles. The van der Waals surface area contributed by atoms with Crippen molar-refractivity contribution in [1.82, 2.24) is 19.9 Å². The van der Waals surface area contributed by atoms with Gasteiger partial charge >= 0.3 is 0 Å². The van der Waals surface area contributed by atoms with Crippen LogP contribution in [0, 0.1) is 0 Å². The SMILES string of the molecule is C[C@H](NC(=O)c1ccc(Cn2c(SCc3ccccc3)nc3cccnc32)cc1)c1ccccc1. The molecular formula is C29H26N4OS. The average Bonchev–Trinajstić information content (AvgIpc) is 3.26. The number of nitrogens with zero attached hydrogens (tertiary/aromatic N) is 3. The molecular weight excluding hydrogens is 452 g/mol. The Kier molecular flexibility index (Phi) is 6.91. The zero-order chi connectivity index (χ0) is 24.0. The second-order valence-corrected chi connectivity index (χ2v) is 9.35. The van der Waals surface area contributed by atoms with Gasteiger partial charge in [-0.2, -0.15) is 0 Å². The zero-order valence-electron chi connectivity index (χ0n) is 19.5. The largest absolute Gasteiger partial charge is 0.346 e. The molecule has 0 aliphatic rings. The van der Waals surface area contributed by atoms with E-state index in [1.165, 1.54) is 5.56 Å². The fourth-order valence-electron chi connectivity index (χ4n) is 3.96. The lowest BCUT2D eigenvalue weighted by molar-refractivity contribution is 0.0940. The lowest BCUT2D eigenvalue weighted by atomic mass is 10.1. The van der Waals surface area contributed by atoms with Crippen LogP contribution in [0.5, 0.6) is 0 Å². The molecule has 0 spiro atoms. The van der Waals surface area contributed by atoms with Crippen molar-refractivity contribution in [2.45, 2.75) is 30.4 Å². The molecule has 0 aliphatic carbocycles. The highest BCUT2D eigenvalue weighted by molar-refractivity contribution is 7.98. The molecule has 6 heteroatoms. The highest BCUT2D eigenvalue weighted by atomic mass is 32.2. The van der Waals surface area contributed by atoms with Crippen molar-refractivity contribution >= 4 is 28.8 Å². The summed E-state index contributed by atoms with van der Waals surface area (Å²) < 4.78 is 2.15. The number of pyridine rings is 1. The topological polar surface area (TPSA) is 59.8 Å². The van der Waals surface area contributed by atoms with Crippen LogP contribution in [0.3, 0.4) is 0 Å². The molecule has 35 heavy (non-hydrogen) atoms. The molecule has 0 bridgehead atoms. The molecule has 2 aromatic heterocycles. The molecule has 5 aromatic rings. The fourth-order valence-corrected chi connectivity index (χ4v) is 4.92. The van der Waals surface area contributed by atoms with Crippen LogP contribution in [0.2, 0.25) is 0 Å². The van der Waals surface area contributed by atoms with Gasteiger partial charge in [-0.3, -0.25) is 9.36 Å². The molecule has 0 fully saturated rings. The van der Waals surface area contributed by atoms with Gasteiger partial charge in [0, 0.05) is 17.5 Å². The molecule has 2 heterocycles. The molecule has 1 atom stereocenters. The minimum atomic E-state index is -0.0817. The maximum Gasteiger partial charge on any atom is 0.251 e. The van der Waals surface area contributed by atoms with E-state index in [4.69, 9.17) is 4.98 Å². The summed E-state index contributed by atoms with van der Waals surface area (Å²) >= 11 is 1.71. The third kappa shape index (κ3) is 5.44. The van der Waals surface area contributed by atoms with Gasteiger partial charge in [-0.1, -0.05) is 84.6 Å². The number of fused-ring (bicyclic) bond motifs is 1. The van der Waals surface area contributed by atoms with Gasteiger partial charge in [0.15, 0.2) is 10.8 Å². The number of carbonyl (C=O) groups is 1. The lowest BCUT2D eigenvalue weighted by Gasteiger charge is -2.14. The normalized spacial score (nSPS) is 11.9. The Hall–Kier alpha value is -3.90. The number of imidazole rings is 1. The molecule has 0 saturated heterocycles. The molecule has 0 aliphatic heterocycles. The Morgan fingerprint density at radius 2 is 1.60 bits per heavy atom. The highest BCUT2D eigenvalue weighted by Gasteiger charge is 2.14. The van der Waals surface area contributed by atoms with E-state index in [1.807, 2.05) is 79.7 Å². The lowest BCUT2D eigenvalue weighted by Crippen LogP contribution is -2.26. The summed E-state index contributed by atoms with van der Waals surface area (Å²) in [5.74, 6) is 0.754. The van der Waals surface area contributed by atoms with Crippen molar-refractivity contribution in [2.75, 3.05) is 0 Å². The molecule has 1 amide bonds. The number of aromatic nitrogens is 3. The van der Waals surface area contributed by atoms with E-state index in [9.17, 15) is 4.79 Å². The predicted octanol–water partition coefficient (Wildman–Crippen LogP) is 6.26.